The molecule has 0 radical (unpaired) electrons. The van der Waals surface area contributed by atoms with E-state index in [0.717, 1.165) is 22.5 Å². The van der Waals surface area contributed by atoms with Crippen LogP contribution in [0, 0.1) is 5.92 Å². The van der Waals surface area contributed by atoms with Crippen LogP contribution in [0.1, 0.15) is 37.9 Å². The van der Waals surface area contributed by atoms with E-state index < -0.39 is 6.10 Å². The fourth-order valence-electron chi connectivity index (χ4n) is 2.26. The molecule has 0 unspecified atom stereocenters. The predicted molar refractivity (Wildman–Crippen MR) is 75.4 cm³/mol. The van der Waals surface area contributed by atoms with Crippen molar-refractivity contribution in [3.05, 3.63) is 28.2 Å². The molecular formula is C14H20BrNO. The number of aliphatic hydroxyl groups excluding tert-OH is 1. The van der Waals surface area contributed by atoms with Gasteiger partial charge in [-0.2, -0.15) is 0 Å². The highest BCUT2D eigenvalue weighted by Crippen LogP contribution is 2.31. The zero-order valence-electron chi connectivity index (χ0n) is 10.5. The summed E-state index contributed by atoms with van der Waals surface area (Å²) in [6, 6.07) is 6.19. The zero-order chi connectivity index (χ0) is 12.4. The Morgan fingerprint density at radius 1 is 1.47 bits per heavy atom. The minimum absolute atomic E-state index is 0.421. The smallest absolute Gasteiger partial charge is 0.0772 e. The first-order valence-corrected chi connectivity index (χ1v) is 7.06. The van der Waals surface area contributed by atoms with Gasteiger partial charge in [-0.1, -0.05) is 28.4 Å². The van der Waals surface area contributed by atoms with Crippen LogP contribution in [0.25, 0.3) is 0 Å². The Morgan fingerprint density at radius 2 is 2.18 bits per heavy atom. The molecule has 0 bridgehead atoms. The molecule has 1 aliphatic rings. The van der Waals surface area contributed by atoms with E-state index in [1.54, 1.807) is 6.92 Å². The molecule has 1 aliphatic carbocycles. The van der Waals surface area contributed by atoms with Crippen molar-refractivity contribution in [1.82, 2.24) is 0 Å². The first kappa shape index (κ1) is 12.9. The molecule has 94 valence electrons. The van der Waals surface area contributed by atoms with Gasteiger partial charge in [0.2, 0.25) is 0 Å². The van der Waals surface area contributed by atoms with Crippen molar-refractivity contribution in [1.29, 1.82) is 0 Å². The second-order valence-electron chi connectivity index (χ2n) is 5.06. The zero-order valence-corrected chi connectivity index (χ0v) is 12.1. The highest BCUT2D eigenvalue weighted by Gasteiger charge is 2.19. The molecule has 1 N–H and O–H groups in total. The molecule has 0 spiro atoms. The lowest BCUT2D eigenvalue weighted by atomic mass is 9.85. The Kier molecular flexibility index (Phi) is 4.10. The van der Waals surface area contributed by atoms with E-state index in [1.165, 1.54) is 24.9 Å². The Hall–Kier alpha value is -0.540. The fourth-order valence-corrected chi connectivity index (χ4v) is 2.96. The Morgan fingerprint density at radius 3 is 2.65 bits per heavy atom. The Balaban J connectivity index is 2.07. The SMILES string of the molecule is C[C@@H](O)c1ccc(N(C)CC2CCC2)cc1Br. The number of aliphatic hydroxyl groups is 1. The third kappa shape index (κ3) is 3.02. The van der Waals surface area contributed by atoms with Gasteiger partial charge in [0.25, 0.3) is 0 Å². The minimum Gasteiger partial charge on any atom is -0.389 e. The minimum atomic E-state index is -0.421. The third-order valence-corrected chi connectivity index (χ3v) is 4.32. The number of halogens is 1. The number of benzene rings is 1. The maximum absolute atomic E-state index is 9.58. The monoisotopic (exact) mass is 297 g/mol. The first-order valence-electron chi connectivity index (χ1n) is 6.26. The normalized spacial score (nSPS) is 17.6. The van der Waals surface area contributed by atoms with Crippen LogP contribution in [0.15, 0.2) is 22.7 Å². The van der Waals surface area contributed by atoms with Crippen molar-refractivity contribution in [3.8, 4) is 0 Å². The maximum Gasteiger partial charge on any atom is 0.0772 e. The van der Waals surface area contributed by atoms with Gasteiger partial charge in [0.1, 0.15) is 0 Å². The molecule has 3 heteroatoms. The Bertz CT molecular complexity index is 388. The lowest BCUT2D eigenvalue weighted by Gasteiger charge is -2.31. The quantitative estimate of drug-likeness (QED) is 0.915. The molecule has 0 heterocycles. The lowest BCUT2D eigenvalue weighted by molar-refractivity contribution is 0.198. The van der Waals surface area contributed by atoms with E-state index >= 15 is 0 Å². The molecule has 0 aromatic heterocycles. The number of nitrogens with zero attached hydrogens (tertiary/aromatic N) is 1. The first-order chi connectivity index (χ1) is 8.08. The van der Waals surface area contributed by atoms with E-state index in [2.05, 4.69) is 40.0 Å². The van der Waals surface area contributed by atoms with Gasteiger partial charge in [0, 0.05) is 23.8 Å². The molecule has 2 rings (SSSR count). The van der Waals surface area contributed by atoms with Gasteiger partial charge in [0.15, 0.2) is 0 Å². The van der Waals surface area contributed by atoms with Gasteiger partial charge >= 0.3 is 0 Å². The van der Waals surface area contributed by atoms with Crippen LogP contribution in [0.2, 0.25) is 0 Å². The van der Waals surface area contributed by atoms with E-state index in [1.807, 2.05) is 6.07 Å². The van der Waals surface area contributed by atoms with Crippen LogP contribution >= 0.6 is 15.9 Å². The summed E-state index contributed by atoms with van der Waals surface area (Å²) in [5.74, 6) is 0.871. The highest BCUT2D eigenvalue weighted by molar-refractivity contribution is 9.10. The van der Waals surface area contributed by atoms with Crippen molar-refractivity contribution in [2.75, 3.05) is 18.5 Å². The largest absolute Gasteiger partial charge is 0.389 e. The van der Waals surface area contributed by atoms with Crippen LogP contribution in [-0.4, -0.2) is 18.7 Å². The summed E-state index contributed by atoms with van der Waals surface area (Å²) in [6.45, 7) is 2.93. The summed E-state index contributed by atoms with van der Waals surface area (Å²) in [6.07, 6.45) is 3.72. The van der Waals surface area contributed by atoms with Crippen LogP contribution in [0.4, 0.5) is 5.69 Å². The summed E-state index contributed by atoms with van der Waals surface area (Å²) in [5, 5.41) is 9.58. The molecule has 1 atom stereocenters. The summed E-state index contributed by atoms with van der Waals surface area (Å²) in [5.41, 5.74) is 2.17. The molecule has 1 aromatic carbocycles. The van der Waals surface area contributed by atoms with Crippen LogP contribution in [0.3, 0.4) is 0 Å². The van der Waals surface area contributed by atoms with E-state index in [0.29, 0.717) is 0 Å². The van der Waals surface area contributed by atoms with Gasteiger partial charge in [-0.15, -0.1) is 0 Å². The molecular weight excluding hydrogens is 278 g/mol. The van der Waals surface area contributed by atoms with Crippen LogP contribution in [-0.2, 0) is 0 Å². The lowest BCUT2D eigenvalue weighted by Crippen LogP contribution is -2.29. The van der Waals surface area contributed by atoms with Crippen molar-refractivity contribution in [2.24, 2.45) is 5.92 Å². The molecule has 17 heavy (non-hydrogen) atoms. The second-order valence-corrected chi connectivity index (χ2v) is 5.91. The van der Waals surface area contributed by atoms with Gasteiger partial charge in [-0.3, -0.25) is 0 Å². The fraction of sp³-hybridized carbons (Fsp3) is 0.571. The van der Waals surface area contributed by atoms with Crippen molar-refractivity contribution in [3.63, 3.8) is 0 Å². The standard InChI is InChI=1S/C14H20BrNO/c1-10(17)13-7-6-12(8-14(13)15)16(2)9-11-4-3-5-11/h6-8,10-11,17H,3-5,9H2,1-2H3/t10-/m1/s1. The molecule has 0 saturated heterocycles. The average molecular weight is 298 g/mol. The van der Waals surface area contributed by atoms with Crippen molar-refractivity contribution >= 4 is 21.6 Å². The van der Waals surface area contributed by atoms with E-state index in [4.69, 9.17) is 0 Å². The van der Waals surface area contributed by atoms with Crippen LogP contribution < -0.4 is 4.90 Å². The highest BCUT2D eigenvalue weighted by atomic mass is 79.9. The molecule has 1 aromatic rings. The van der Waals surface area contributed by atoms with Gasteiger partial charge < -0.3 is 10.0 Å². The predicted octanol–water partition coefficient (Wildman–Crippen LogP) is 3.74. The Labute approximate surface area is 112 Å². The molecule has 0 aliphatic heterocycles. The summed E-state index contributed by atoms with van der Waals surface area (Å²) in [7, 11) is 2.14. The van der Waals surface area contributed by atoms with Gasteiger partial charge in [-0.25, -0.2) is 0 Å². The molecule has 1 saturated carbocycles. The van der Waals surface area contributed by atoms with Gasteiger partial charge in [0.05, 0.1) is 6.10 Å². The number of hydrogen-bond acceptors (Lipinski definition) is 2. The van der Waals surface area contributed by atoms with E-state index in [9.17, 15) is 5.11 Å². The molecule has 0 amide bonds. The average Bonchev–Trinajstić information content (AvgIpc) is 2.22. The molecule has 2 nitrogen and oxygen atoms in total. The van der Waals surface area contributed by atoms with Gasteiger partial charge in [-0.05, 0) is 43.4 Å². The topological polar surface area (TPSA) is 23.5 Å². The third-order valence-electron chi connectivity index (χ3n) is 3.63. The van der Waals surface area contributed by atoms with E-state index in [-0.39, 0.29) is 0 Å². The number of rotatable bonds is 4. The molecule has 1 fully saturated rings. The summed E-state index contributed by atoms with van der Waals surface area (Å²) in [4.78, 5) is 2.31. The summed E-state index contributed by atoms with van der Waals surface area (Å²) >= 11 is 3.53. The number of anilines is 1. The summed E-state index contributed by atoms with van der Waals surface area (Å²) < 4.78 is 0.991. The van der Waals surface area contributed by atoms with Crippen LogP contribution in [0.5, 0.6) is 0 Å². The number of hydrogen-bond donors (Lipinski definition) is 1. The maximum atomic E-state index is 9.58. The van der Waals surface area contributed by atoms with Crippen molar-refractivity contribution < 1.29 is 5.11 Å². The van der Waals surface area contributed by atoms with Crippen molar-refractivity contribution in [2.45, 2.75) is 32.3 Å². The second kappa shape index (κ2) is 5.40.